The van der Waals surface area contributed by atoms with E-state index in [1.54, 1.807) is 11.3 Å². The van der Waals surface area contributed by atoms with E-state index in [4.69, 9.17) is 0 Å². The highest BCUT2D eigenvalue weighted by Gasteiger charge is 2.30. The molecule has 0 bridgehead atoms. The lowest BCUT2D eigenvalue weighted by atomic mass is 10.1. The monoisotopic (exact) mass is 465 g/mol. The summed E-state index contributed by atoms with van der Waals surface area (Å²) in [7, 11) is 0. The van der Waals surface area contributed by atoms with Crippen molar-refractivity contribution in [2.45, 2.75) is 19.0 Å². The molecule has 0 radical (unpaired) electrons. The van der Waals surface area contributed by atoms with E-state index in [0.717, 1.165) is 38.2 Å². The van der Waals surface area contributed by atoms with Crippen molar-refractivity contribution in [2.75, 3.05) is 32.7 Å². The molecule has 3 heterocycles. The van der Waals surface area contributed by atoms with Gasteiger partial charge in [0.1, 0.15) is 5.01 Å². The molecule has 1 fully saturated rings. The van der Waals surface area contributed by atoms with Crippen molar-refractivity contribution in [1.29, 1.82) is 0 Å². The number of thiophene rings is 1. The van der Waals surface area contributed by atoms with E-state index >= 15 is 0 Å². The van der Waals surface area contributed by atoms with E-state index in [2.05, 4.69) is 27.4 Å². The van der Waals surface area contributed by atoms with Crippen molar-refractivity contribution < 1.29 is 18.0 Å². The molecule has 1 saturated heterocycles. The van der Waals surface area contributed by atoms with Gasteiger partial charge in [-0.15, -0.1) is 22.7 Å². The summed E-state index contributed by atoms with van der Waals surface area (Å²) in [4.78, 5) is 22.8. The van der Waals surface area contributed by atoms with Crippen molar-refractivity contribution in [3.8, 4) is 10.6 Å². The summed E-state index contributed by atoms with van der Waals surface area (Å²) in [6.45, 7) is 4.15. The Bertz CT molecular complexity index is 992. The first-order chi connectivity index (χ1) is 14.9. The van der Waals surface area contributed by atoms with Gasteiger partial charge in [0, 0.05) is 48.5 Å². The second-order valence-electron chi connectivity index (χ2n) is 7.45. The Labute approximate surface area is 187 Å². The van der Waals surface area contributed by atoms with Gasteiger partial charge in [0.05, 0.1) is 17.7 Å². The Hall–Kier alpha value is -2.23. The molecule has 1 aromatic carbocycles. The number of amides is 1. The average Bonchev–Trinajstić information content (AvgIpc) is 3.44. The van der Waals surface area contributed by atoms with Gasteiger partial charge >= 0.3 is 6.18 Å². The number of rotatable bonds is 6. The molecule has 0 aliphatic carbocycles. The third kappa shape index (κ3) is 5.72. The Morgan fingerprint density at radius 1 is 1.03 bits per heavy atom. The summed E-state index contributed by atoms with van der Waals surface area (Å²) in [6.07, 6.45) is -3.10. The summed E-state index contributed by atoms with van der Waals surface area (Å²) >= 11 is 3.11. The van der Waals surface area contributed by atoms with Crippen LogP contribution in [0.25, 0.3) is 10.6 Å². The minimum Gasteiger partial charge on any atom is -0.340 e. The van der Waals surface area contributed by atoms with Crippen molar-refractivity contribution in [3.63, 3.8) is 0 Å². The molecule has 0 spiro atoms. The van der Waals surface area contributed by atoms with Crippen LogP contribution in [0.1, 0.15) is 16.1 Å². The molecule has 1 amide bonds. The standard InChI is InChI=1S/C22H22F3N3OS2/c23-22(24,25)17-5-3-16(4-6-17)21-26-18(15-31-21)14-20(29)28-11-9-27(10-12-28)8-7-19-2-1-13-30-19/h1-6,13,15H,7-12,14H2. The van der Waals surface area contributed by atoms with Crippen molar-refractivity contribution in [1.82, 2.24) is 14.8 Å². The topological polar surface area (TPSA) is 36.4 Å². The zero-order valence-corrected chi connectivity index (χ0v) is 18.4. The number of alkyl halides is 3. The third-order valence-electron chi connectivity index (χ3n) is 5.32. The normalized spacial score (nSPS) is 15.4. The quantitative estimate of drug-likeness (QED) is 0.524. The van der Waals surface area contributed by atoms with Crippen LogP contribution < -0.4 is 0 Å². The van der Waals surface area contributed by atoms with Gasteiger partial charge in [-0.2, -0.15) is 13.2 Å². The average molecular weight is 466 g/mol. The number of hydrogen-bond acceptors (Lipinski definition) is 5. The van der Waals surface area contributed by atoms with Crippen molar-refractivity contribution >= 4 is 28.6 Å². The zero-order chi connectivity index (χ0) is 21.8. The molecule has 9 heteroatoms. The summed E-state index contributed by atoms with van der Waals surface area (Å²) in [5, 5.41) is 4.52. The van der Waals surface area contributed by atoms with Crippen LogP contribution in [0.3, 0.4) is 0 Å². The Morgan fingerprint density at radius 3 is 2.42 bits per heavy atom. The first-order valence-electron chi connectivity index (χ1n) is 10.0. The van der Waals surface area contributed by atoms with Gasteiger partial charge in [-0.3, -0.25) is 9.69 Å². The van der Waals surface area contributed by atoms with Crippen LogP contribution in [0.4, 0.5) is 13.2 Å². The second-order valence-corrected chi connectivity index (χ2v) is 9.34. The van der Waals surface area contributed by atoms with Gasteiger partial charge < -0.3 is 4.90 Å². The fourth-order valence-corrected chi connectivity index (χ4v) is 5.06. The van der Waals surface area contributed by atoms with E-state index in [-0.39, 0.29) is 12.3 Å². The number of hydrogen-bond donors (Lipinski definition) is 0. The third-order valence-corrected chi connectivity index (χ3v) is 7.20. The van der Waals surface area contributed by atoms with Gasteiger partial charge in [-0.25, -0.2) is 4.98 Å². The zero-order valence-electron chi connectivity index (χ0n) is 16.8. The molecule has 4 nitrogen and oxygen atoms in total. The molecule has 0 unspecified atom stereocenters. The molecule has 164 valence electrons. The van der Waals surface area contributed by atoms with Crippen LogP contribution >= 0.6 is 22.7 Å². The van der Waals surface area contributed by atoms with E-state index in [0.29, 0.717) is 29.4 Å². The van der Waals surface area contributed by atoms with Crippen LogP contribution in [-0.2, 0) is 23.8 Å². The maximum Gasteiger partial charge on any atom is 0.416 e. The van der Waals surface area contributed by atoms with Gasteiger partial charge in [-0.1, -0.05) is 18.2 Å². The van der Waals surface area contributed by atoms with Crippen LogP contribution in [0.2, 0.25) is 0 Å². The maximum atomic E-state index is 12.7. The van der Waals surface area contributed by atoms with Crippen molar-refractivity contribution in [2.24, 2.45) is 0 Å². The van der Waals surface area contributed by atoms with Gasteiger partial charge in [0.25, 0.3) is 0 Å². The highest BCUT2D eigenvalue weighted by Crippen LogP contribution is 2.31. The molecular weight excluding hydrogens is 443 g/mol. The van der Waals surface area contributed by atoms with Gasteiger partial charge in [0.15, 0.2) is 0 Å². The number of benzene rings is 1. The number of halogens is 3. The minimum absolute atomic E-state index is 0.0437. The predicted molar refractivity (Wildman–Crippen MR) is 117 cm³/mol. The second kappa shape index (κ2) is 9.50. The lowest BCUT2D eigenvalue weighted by molar-refractivity contribution is -0.137. The summed E-state index contributed by atoms with van der Waals surface area (Å²) in [5.41, 5.74) is 0.596. The smallest absolute Gasteiger partial charge is 0.340 e. The summed E-state index contributed by atoms with van der Waals surface area (Å²) in [5.74, 6) is 0.0437. The predicted octanol–water partition coefficient (Wildman–Crippen LogP) is 4.82. The number of thiazole rings is 1. The summed E-state index contributed by atoms with van der Waals surface area (Å²) in [6, 6.07) is 9.17. The maximum absolute atomic E-state index is 12.7. The SMILES string of the molecule is O=C(Cc1csc(-c2ccc(C(F)(F)F)cc2)n1)N1CCN(CCc2cccs2)CC1. The van der Waals surface area contributed by atoms with E-state index < -0.39 is 11.7 Å². The van der Waals surface area contributed by atoms with Crippen LogP contribution in [0.15, 0.2) is 47.2 Å². The van der Waals surface area contributed by atoms with Crippen LogP contribution in [0.5, 0.6) is 0 Å². The number of nitrogens with zero attached hydrogens (tertiary/aromatic N) is 3. The van der Waals surface area contributed by atoms with Crippen molar-refractivity contribution in [3.05, 3.63) is 63.3 Å². The van der Waals surface area contributed by atoms with E-state index in [1.807, 2.05) is 10.3 Å². The molecule has 0 atom stereocenters. The van der Waals surface area contributed by atoms with Gasteiger partial charge in [0.2, 0.25) is 5.91 Å². The molecule has 0 N–H and O–H groups in total. The Kier molecular flexibility index (Phi) is 6.74. The molecule has 2 aromatic heterocycles. The van der Waals surface area contributed by atoms with Gasteiger partial charge in [-0.05, 0) is 30.0 Å². The largest absolute Gasteiger partial charge is 0.416 e. The van der Waals surface area contributed by atoms with E-state index in [1.165, 1.54) is 28.3 Å². The van der Waals surface area contributed by atoms with Crippen LogP contribution in [0, 0.1) is 0 Å². The fraction of sp³-hybridized carbons (Fsp3) is 0.364. The van der Waals surface area contributed by atoms with Crippen LogP contribution in [-0.4, -0.2) is 53.4 Å². The molecular formula is C22H22F3N3OS2. The molecule has 31 heavy (non-hydrogen) atoms. The Morgan fingerprint density at radius 2 is 1.77 bits per heavy atom. The molecule has 4 rings (SSSR count). The number of carbonyl (C=O) groups excluding carboxylic acids is 1. The number of piperazine rings is 1. The molecule has 1 aliphatic rings. The molecule has 1 aliphatic heterocycles. The lowest BCUT2D eigenvalue weighted by Crippen LogP contribution is -2.49. The van der Waals surface area contributed by atoms with E-state index in [9.17, 15) is 18.0 Å². The summed E-state index contributed by atoms with van der Waals surface area (Å²) < 4.78 is 38.2. The number of carbonyl (C=O) groups is 1. The Balaban J connectivity index is 1.27. The lowest BCUT2D eigenvalue weighted by Gasteiger charge is -2.34. The molecule has 3 aromatic rings. The molecule has 0 saturated carbocycles. The highest BCUT2D eigenvalue weighted by atomic mass is 32.1. The minimum atomic E-state index is -4.35. The fourth-order valence-electron chi connectivity index (χ4n) is 3.53. The highest BCUT2D eigenvalue weighted by molar-refractivity contribution is 7.13. The first kappa shape index (κ1) is 22.0. The first-order valence-corrected chi connectivity index (χ1v) is 11.8. The number of aromatic nitrogens is 1.